The second kappa shape index (κ2) is 5.79. The molecule has 0 amide bonds. The molecule has 0 aromatic rings. The van der Waals surface area contributed by atoms with Gasteiger partial charge in [0.25, 0.3) is 0 Å². The SMILES string of the molecule is CC1(C)C[C@H]2C[C@](C)(C[NH+]2C[C@H]2C(=O)O[C@@H]3C[C@@]4(C)CCC[C@@]5(CO5)[C@@H]4C[C@@H]32)C1. The van der Waals surface area contributed by atoms with Crippen molar-refractivity contribution in [3.05, 3.63) is 0 Å². The fourth-order valence-electron chi connectivity index (χ4n) is 9.46. The fourth-order valence-corrected chi connectivity index (χ4v) is 9.46. The van der Waals surface area contributed by atoms with E-state index in [1.54, 1.807) is 4.90 Å². The van der Waals surface area contributed by atoms with Crippen molar-refractivity contribution in [2.24, 2.45) is 34.0 Å². The van der Waals surface area contributed by atoms with Gasteiger partial charge in [0.05, 0.1) is 31.3 Å². The molecule has 9 atom stereocenters. The Morgan fingerprint density at radius 2 is 1.90 bits per heavy atom. The topological polar surface area (TPSA) is 43.3 Å². The molecule has 162 valence electrons. The molecular weight excluding hydrogens is 362 g/mol. The van der Waals surface area contributed by atoms with E-state index in [0.29, 0.717) is 28.1 Å². The maximum Gasteiger partial charge on any atom is 0.315 e. The predicted octanol–water partition coefficient (Wildman–Crippen LogP) is 3.00. The van der Waals surface area contributed by atoms with E-state index in [1.165, 1.54) is 45.1 Å². The lowest BCUT2D eigenvalue weighted by Crippen LogP contribution is -3.14. The van der Waals surface area contributed by atoms with Crippen LogP contribution >= 0.6 is 0 Å². The smallest absolute Gasteiger partial charge is 0.315 e. The molecule has 4 heteroatoms. The molecule has 3 aliphatic carbocycles. The average molecular weight is 403 g/mol. The van der Waals surface area contributed by atoms with Gasteiger partial charge >= 0.3 is 5.97 Å². The summed E-state index contributed by atoms with van der Waals surface area (Å²) in [5, 5.41) is 0. The molecule has 1 spiro atoms. The van der Waals surface area contributed by atoms with E-state index in [4.69, 9.17) is 9.47 Å². The highest BCUT2D eigenvalue weighted by atomic mass is 16.6. The molecule has 1 N–H and O–H groups in total. The van der Waals surface area contributed by atoms with E-state index >= 15 is 0 Å². The summed E-state index contributed by atoms with van der Waals surface area (Å²) in [6.07, 6.45) is 10.2. The average Bonchev–Trinajstić information content (AvgIpc) is 3.23. The van der Waals surface area contributed by atoms with Gasteiger partial charge in [-0.15, -0.1) is 0 Å². The zero-order valence-corrected chi connectivity index (χ0v) is 18.9. The molecule has 4 nitrogen and oxygen atoms in total. The zero-order valence-electron chi connectivity index (χ0n) is 18.9. The molecule has 6 rings (SSSR count). The minimum absolute atomic E-state index is 0.114. The number of quaternary nitrogens is 1. The van der Waals surface area contributed by atoms with E-state index in [0.717, 1.165) is 32.0 Å². The summed E-state index contributed by atoms with van der Waals surface area (Å²) in [6.45, 7) is 13.0. The summed E-state index contributed by atoms with van der Waals surface area (Å²) in [5.41, 5.74) is 1.37. The number of fused-ring (bicyclic) bond motifs is 5. The van der Waals surface area contributed by atoms with Gasteiger partial charge in [-0.05, 0) is 55.3 Å². The second-order valence-corrected chi connectivity index (χ2v) is 13.4. The largest absolute Gasteiger partial charge is 0.462 e. The van der Waals surface area contributed by atoms with Crippen molar-refractivity contribution in [3.63, 3.8) is 0 Å². The van der Waals surface area contributed by atoms with Crippen molar-refractivity contribution < 1.29 is 19.2 Å². The molecule has 6 fully saturated rings. The third kappa shape index (κ3) is 2.87. The Labute approximate surface area is 176 Å². The van der Waals surface area contributed by atoms with Crippen LogP contribution in [-0.4, -0.2) is 43.4 Å². The van der Waals surface area contributed by atoms with Gasteiger partial charge in [0.2, 0.25) is 0 Å². The number of rotatable bonds is 2. The van der Waals surface area contributed by atoms with E-state index in [1.807, 2.05) is 0 Å². The summed E-state index contributed by atoms with van der Waals surface area (Å²) in [4.78, 5) is 14.8. The summed E-state index contributed by atoms with van der Waals surface area (Å²) >= 11 is 0. The van der Waals surface area contributed by atoms with Crippen molar-refractivity contribution in [1.82, 2.24) is 0 Å². The fraction of sp³-hybridized carbons (Fsp3) is 0.960. The molecule has 0 aromatic heterocycles. The number of carbonyl (C=O) groups excluding carboxylic acids is 1. The minimum atomic E-state index is 0.114. The number of carbonyl (C=O) groups is 1. The Hall–Kier alpha value is -0.610. The first kappa shape index (κ1) is 19.1. The first-order chi connectivity index (χ1) is 13.6. The first-order valence-electron chi connectivity index (χ1n) is 12.3. The molecule has 1 unspecified atom stereocenters. The molecule has 3 saturated heterocycles. The number of esters is 1. The number of ether oxygens (including phenoxy) is 2. The Bertz CT molecular complexity index is 730. The van der Waals surface area contributed by atoms with Crippen LogP contribution < -0.4 is 4.90 Å². The molecule has 3 heterocycles. The van der Waals surface area contributed by atoms with Crippen LogP contribution in [0, 0.1) is 34.0 Å². The van der Waals surface area contributed by atoms with Crippen molar-refractivity contribution in [3.8, 4) is 0 Å². The summed E-state index contributed by atoms with van der Waals surface area (Å²) in [7, 11) is 0. The molecule has 3 saturated carbocycles. The lowest BCUT2D eigenvalue weighted by molar-refractivity contribution is -0.917. The van der Waals surface area contributed by atoms with Crippen molar-refractivity contribution in [2.75, 3.05) is 19.7 Å². The normalized spacial score (nSPS) is 57.3. The van der Waals surface area contributed by atoms with Crippen molar-refractivity contribution in [1.29, 1.82) is 0 Å². The highest BCUT2D eigenvalue weighted by molar-refractivity contribution is 5.75. The Balaban J connectivity index is 1.22. The maximum atomic E-state index is 13.0. The van der Waals surface area contributed by atoms with Gasteiger partial charge in [-0.2, -0.15) is 0 Å². The molecular formula is C25H40NO3+. The van der Waals surface area contributed by atoms with Crippen LogP contribution in [0.25, 0.3) is 0 Å². The number of hydrogen-bond acceptors (Lipinski definition) is 3. The number of likely N-dealkylation sites (tertiary alicyclic amines) is 1. The van der Waals surface area contributed by atoms with Crippen LogP contribution in [-0.2, 0) is 14.3 Å². The van der Waals surface area contributed by atoms with Gasteiger partial charge in [0.1, 0.15) is 12.0 Å². The Kier molecular flexibility index (Phi) is 3.82. The number of hydrogen-bond donors (Lipinski definition) is 1. The van der Waals surface area contributed by atoms with Gasteiger partial charge in [0.15, 0.2) is 0 Å². The van der Waals surface area contributed by atoms with E-state index in [-0.39, 0.29) is 23.6 Å². The summed E-state index contributed by atoms with van der Waals surface area (Å²) in [5.74, 6) is 1.29. The third-order valence-electron chi connectivity index (χ3n) is 10.2. The van der Waals surface area contributed by atoms with Crippen LogP contribution in [0.3, 0.4) is 0 Å². The third-order valence-corrected chi connectivity index (χ3v) is 10.2. The maximum absolute atomic E-state index is 13.0. The minimum Gasteiger partial charge on any atom is -0.462 e. The van der Waals surface area contributed by atoms with Crippen molar-refractivity contribution >= 4 is 5.97 Å². The highest BCUT2D eigenvalue weighted by Crippen LogP contribution is 2.62. The number of nitrogens with one attached hydrogen (secondary N) is 1. The first-order valence-corrected chi connectivity index (χ1v) is 12.3. The Morgan fingerprint density at radius 3 is 2.66 bits per heavy atom. The van der Waals surface area contributed by atoms with Crippen LogP contribution in [0.2, 0.25) is 0 Å². The molecule has 2 bridgehead atoms. The molecule has 6 aliphatic rings. The molecule has 0 radical (unpaired) electrons. The molecule has 29 heavy (non-hydrogen) atoms. The van der Waals surface area contributed by atoms with Crippen LogP contribution in [0.4, 0.5) is 0 Å². The van der Waals surface area contributed by atoms with E-state index in [9.17, 15) is 4.79 Å². The highest BCUT2D eigenvalue weighted by Gasteiger charge is 2.65. The van der Waals surface area contributed by atoms with Crippen LogP contribution in [0.1, 0.15) is 79.1 Å². The van der Waals surface area contributed by atoms with Crippen LogP contribution in [0.15, 0.2) is 0 Å². The van der Waals surface area contributed by atoms with Gasteiger partial charge in [0, 0.05) is 24.2 Å². The standard InChI is InChI=1S/C25H39NO3/c1-22(2)9-16-10-23(3,13-22)14-26(16)12-18-17-8-20-24(4,11-19(17)29-21(18)27)6-5-7-25(20)15-28-25/h16-20H,5-15H2,1-4H3/p+1/t16-,17+,18+,19+,20+,23-,24+,25+/m0/s1. The number of epoxide rings is 1. The van der Waals surface area contributed by atoms with Crippen molar-refractivity contribution in [2.45, 2.75) is 96.8 Å². The summed E-state index contributed by atoms with van der Waals surface area (Å²) < 4.78 is 12.2. The Morgan fingerprint density at radius 1 is 1.10 bits per heavy atom. The van der Waals surface area contributed by atoms with Gasteiger partial charge in [-0.1, -0.05) is 27.7 Å². The quantitative estimate of drug-likeness (QED) is 0.570. The monoisotopic (exact) mass is 402 g/mol. The van der Waals surface area contributed by atoms with Gasteiger partial charge in [-0.25, -0.2) is 0 Å². The van der Waals surface area contributed by atoms with E-state index < -0.39 is 0 Å². The van der Waals surface area contributed by atoms with Gasteiger partial charge < -0.3 is 14.4 Å². The van der Waals surface area contributed by atoms with E-state index in [2.05, 4.69) is 27.7 Å². The lowest BCUT2D eigenvalue weighted by atomic mass is 9.53. The van der Waals surface area contributed by atoms with Gasteiger partial charge in [-0.3, -0.25) is 4.79 Å². The predicted molar refractivity (Wildman–Crippen MR) is 110 cm³/mol. The lowest BCUT2D eigenvalue weighted by Gasteiger charge is -2.51. The molecule has 3 aliphatic heterocycles. The summed E-state index contributed by atoms with van der Waals surface area (Å²) in [6, 6.07) is 0.734. The zero-order chi connectivity index (χ0) is 20.2. The van der Waals surface area contributed by atoms with Crippen LogP contribution in [0.5, 0.6) is 0 Å². The molecule has 0 aromatic carbocycles. The second-order valence-electron chi connectivity index (χ2n) is 13.4.